The molecule has 1 aromatic heterocycles. The second-order valence-electron chi connectivity index (χ2n) is 2.63. The molecule has 0 amide bonds. The Hall–Kier alpha value is -0.800. The van der Waals surface area contributed by atoms with Crippen LogP contribution in [0.4, 0.5) is 0 Å². The summed E-state index contributed by atoms with van der Waals surface area (Å²) in [5.41, 5.74) is 12.1. The van der Waals surface area contributed by atoms with Crippen LogP contribution in [-0.4, -0.2) is 6.54 Å². The van der Waals surface area contributed by atoms with Crippen LogP contribution in [0.15, 0.2) is 23.2 Å². The zero-order valence-corrected chi connectivity index (χ0v) is 7.81. The van der Waals surface area contributed by atoms with E-state index in [0.717, 1.165) is 18.5 Å². The van der Waals surface area contributed by atoms with E-state index in [2.05, 4.69) is 6.07 Å². The van der Waals surface area contributed by atoms with Crippen LogP contribution in [0.2, 0.25) is 0 Å². The highest BCUT2D eigenvalue weighted by Gasteiger charge is 1.92. The predicted molar refractivity (Wildman–Crippen MR) is 54.8 cm³/mol. The molecule has 0 aliphatic heterocycles. The van der Waals surface area contributed by atoms with Gasteiger partial charge in [0.1, 0.15) is 0 Å². The summed E-state index contributed by atoms with van der Waals surface area (Å²) in [6, 6.07) is 4.08. The van der Waals surface area contributed by atoms with Crippen LogP contribution in [0.1, 0.15) is 17.7 Å². The first-order chi connectivity index (χ1) is 5.83. The third kappa shape index (κ3) is 3.07. The summed E-state index contributed by atoms with van der Waals surface area (Å²) in [5.74, 6) is 0. The van der Waals surface area contributed by atoms with Gasteiger partial charge in [0.2, 0.25) is 0 Å². The first-order valence-electron chi connectivity index (χ1n) is 4.02. The molecule has 0 bridgehead atoms. The average molecular weight is 182 g/mol. The molecule has 3 heteroatoms. The average Bonchev–Trinajstić information content (AvgIpc) is 2.53. The van der Waals surface area contributed by atoms with Gasteiger partial charge in [0.25, 0.3) is 0 Å². The maximum atomic E-state index is 5.76. The molecule has 1 aromatic rings. The second-order valence-corrected chi connectivity index (χ2v) is 3.61. The van der Waals surface area contributed by atoms with Gasteiger partial charge in [-0.2, -0.15) is 0 Å². The Kier molecular flexibility index (Phi) is 3.84. The molecule has 1 rings (SSSR count). The van der Waals surface area contributed by atoms with Crippen LogP contribution < -0.4 is 11.5 Å². The van der Waals surface area contributed by atoms with Crippen LogP contribution in [0.25, 0.3) is 6.08 Å². The minimum atomic E-state index is 0.707. The van der Waals surface area contributed by atoms with Crippen molar-refractivity contribution in [1.82, 2.24) is 0 Å². The summed E-state index contributed by atoms with van der Waals surface area (Å²) >= 11 is 1.70. The molecular weight excluding hydrogens is 168 g/mol. The van der Waals surface area contributed by atoms with Gasteiger partial charge in [-0.1, -0.05) is 6.07 Å². The van der Waals surface area contributed by atoms with E-state index in [-0.39, 0.29) is 0 Å². The number of rotatable bonds is 4. The van der Waals surface area contributed by atoms with Crippen LogP contribution >= 0.6 is 11.3 Å². The molecule has 0 fully saturated rings. The standard InChI is InChI=1S/C9H14N2S/c10-5-1-3-8(11)7-9-4-2-6-12-9/h2,4,6-7H,1,3,5,10-11H2. The molecular formula is C9H14N2S. The highest BCUT2D eigenvalue weighted by atomic mass is 32.1. The largest absolute Gasteiger partial charge is 0.402 e. The highest BCUT2D eigenvalue weighted by Crippen LogP contribution is 2.12. The van der Waals surface area contributed by atoms with Crippen molar-refractivity contribution in [3.63, 3.8) is 0 Å². The van der Waals surface area contributed by atoms with E-state index in [1.165, 1.54) is 4.88 Å². The van der Waals surface area contributed by atoms with Crippen molar-refractivity contribution in [2.75, 3.05) is 6.54 Å². The van der Waals surface area contributed by atoms with Gasteiger partial charge in [-0.15, -0.1) is 11.3 Å². The van der Waals surface area contributed by atoms with Gasteiger partial charge in [0, 0.05) is 10.6 Å². The molecule has 0 spiro atoms. The molecule has 66 valence electrons. The first kappa shape index (κ1) is 9.29. The fourth-order valence-corrected chi connectivity index (χ4v) is 1.63. The first-order valence-corrected chi connectivity index (χ1v) is 4.90. The van der Waals surface area contributed by atoms with Gasteiger partial charge in [0.15, 0.2) is 0 Å². The molecule has 0 aromatic carbocycles. The van der Waals surface area contributed by atoms with E-state index in [9.17, 15) is 0 Å². The van der Waals surface area contributed by atoms with Gasteiger partial charge >= 0.3 is 0 Å². The van der Waals surface area contributed by atoms with Gasteiger partial charge in [-0.25, -0.2) is 0 Å². The molecule has 12 heavy (non-hydrogen) atoms. The van der Waals surface area contributed by atoms with Gasteiger partial charge < -0.3 is 11.5 Å². The molecule has 0 saturated heterocycles. The van der Waals surface area contributed by atoms with E-state index in [0.29, 0.717) is 6.54 Å². The van der Waals surface area contributed by atoms with Gasteiger partial charge in [-0.3, -0.25) is 0 Å². The Morgan fingerprint density at radius 1 is 1.58 bits per heavy atom. The maximum absolute atomic E-state index is 5.76. The topological polar surface area (TPSA) is 52.0 Å². The van der Waals surface area contributed by atoms with E-state index >= 15 is 0 Å². The van der Waals surface area contributed by atoms with Crippen molar-refractivity contribution >= 4 is 17.4 Å². The minimum Gasteiger partial charge on any atom is -0.402 e. The molecule has 0 saturated carbocycles. The van der Waals surface area contributed by atoms with Crippen molar-refractivity contribution in [3.05, 3.63) is 28.1 Å². The lowest BCUT2D eigenvalue weighted by atomic mass is 10.2. The second kappa shape index (κ2) is 4.95. The quantitative estimate of drug-likeness (QED) is 0.746. The normalized spacial score (nSPS) is 11.9. The summed E-state index contributed by atoms with van der Waals surface area (Å²) < 4.78 is 0. The molecule has 0 atom stereocenters. The Labute approximate surface area is 76.9 Å². The molecule has 0 unspecified atom stereocenters. The summed E-state index contributed by atoms with van der Waals surface area (Å²) in [6.45, 7) is 0.707. The van der Waals surface area contributed by atoms with Gasteiger partial charge in [0.05, 0.1) is 0 Å². The molecule has 0 radical (unpaired) electrons. The van der Waals surface area contributed by atoms with Crippen molar-refractivity contribution in [2.45, 2.75) is 12.8 Å². The summed E-state index contributed by atoms with van der Waals surface area (Å²) in [4.78, 5) is 1.21. The summed E-state index contributed by atoms with van der Waals surface area (Å²) in [6.07, 6.45) is 3.88. The fraction of sp³-hybridized carbons (Fsp3) is 0.333. The lowest BCUT2D eigenvalue weighted by molar-refractivity contribution is 0.820. The van der Waals surface area contributed by atoms with Crippen molar-refractivity contribution in [3.8, 4) is 0 Å². The zero-order chi connectivity index (χ0) is 8.81. The third-order valence-electron chi connectivity index (χ3n) is 1.54. The number of hydrogen-bond acceptors (Lipinski definition) is 3. The Morgan fingerprint density at radius 3 is 3.00 bits per heavy atom. The predicted octanol–water partition coefficient (Wildman–Crippen LogP) is 1.79. The van der Waals surface area contributed by atoms with Crippen molar-refractivity contribution < 1.29 is 0 Å². The molecule has 0 aliphatic carbocycles. The van der Waals surface area contributed by atoms with Crippen LogP contribution in [0.3, 0.4) is 0 Å². The highest BCUT2D eigenvalue weighted by molar-refractivity contribution is 7.10. The van der Waals surface area contributed by atoms with Crippen LogP contribution in [-0.2, 0) is 0 Å². The van der Waals surface area contributed by atoms with E-state index < -0.39 is 0 Å². The Bertz CT molecular complexity index is 239. The lowest BCUT2D eigenvalue weighted by Crippen LogP contribution is -2.03. The van der Waals surface area contributed by atoms with Crippen LogP contribution in [0.5, 0.6) is 0 Å². The van der Waals surface area contributed by atoms with Crippen molar-refractivity contribution in [1.29, 1.82) is 0 Å². The monoisotopic (exact) mass is 182 g/mol. The molecule has 1 heterocycles. The summed E-state index contributed by atoms with van der Waals surface area (Å²) in [7, 11) is 0. The third-order valence-corrected chi connectivity index (χ3v) is 2.36. The number of hydrogen-bond donors (Lipinski definition) is 2. The van der Waals surface area contributed by atoms with E-state index in [4.69, 9.17) is 11.5 Å². The molecule has 0 aliphatic rings. The summed E-state index contributed by atoms with van der Waals surface area (Å²) in [5, 5.41) is 2.04. The zero-order valence-electron chi connectivity index (χ0n) is 6.99. The minimum absolute atomic E-state index is 0.707. The number of allylic oxidation sites excluding steroid dienone is 1. The fourth-order valence-electron chi connectivity index (χ4n) is 0.934. The number of nitrogens with two attached hydrogens (primary N) is 2. The lowest BCUT2D eigenvalue weighted by Gasteiger charge is -1.97. The Morgan fingerprint density at radius 2 is 2.42 bits per heavy atom. The van der Waals surface area contributed by atoms with Crippen molar-refractivity contribution in [2.24, 2.45) is 11.5 Å². The van der Waals surface area contributed by atoms with E-state index in [1.807, 2.05) is 17.5 Å². The molecule has 4 N–H and O–H groups in total. The van der Waals surface area contributed by atoms with Gasteiger partial charge in [-0.05, 0) is 36.9 Å². The number of thiophene rings is 1. The smallest absolute Gasteiger partial charge is 0.0287 e. The van der Waals surface area contributed by atoms with Crippen LogP contribution in [0, 0.1) is 0 Å². The Balaban J connectivity index is 2.46. The van der Waals surface area contributed by atoms with E-state index in [1.54, 1.807) is 11.3 Å². The molecule has 2 nitrogen and oxygen atoms in total. The SMILES string of the molecule is NCCCC(N)=Cc1cccs1. The maximum Gasteiger partial charge on any atom is 0.0287 e.